The summed E-state index contributed by atoms with van der Waals surface area (Å²) in [5, 5.41) is 9.31. The van der Waals surface area contributed by atoms with Crippen LogP contribution in [0.5, 0.6) is 5.75 Å². The molecule has 74 valence electrons. The smallest absolute Gasteiger partial charge is 0.123 e. The van der Waals surface area contributed by atoms with Gasteiger partial charge in [0.2, 0.25) is 0 Å². The average Bonchev–Trinajstić information content (AvgIpc) is 2.59. The lowest BCUT2D eigenvalue weighted by Gasteiger charge is -2.10. The van der Waals surface area contributed by atoms with E-state index in [0.29, 0.717) is 11.7 Å². The summed E-state index contributed by atoms with van der Waals surface area (Å²) >= 11 is 0. The van der Waals surface area contributed by atoms with Crippen molar-refractivity contribution < 1.29 is 9.90 Å². The maximum atomic E-state index is 10.7. The Bertz CT molecular complexity index is 357. The molecular weight excluding hydrogens is 176 g/mol. The van der Waals surface area contributed by atoms with Crippen LogP contribution in [0.15, 0.2) is 18.2 Å². The van der Waals surface area contributed by atoms with Gasteiger partial charge in [-0.15, -0.1) is 0 Å². The first-order chi connectivity index (χ1) is 6.70. The maximum Gasteiger partial charge on any atom is 0.123 e. The highest BCUT2D eigenvalue weighted by Crippen LogP contribution is 2.32. The first-order valence-electron chi connectivity index (χ1n) is 4.96. The number of hydrogen-bond acceptors (Lipinski definition) is 2. The summed E-state index contributed by atoms with van der Waals surface area (Å²) in [6.45, 7) is 1.96. The van der Waals surface area contributed by atoms with Gasteiger partial charge in [0, 0.05) is 5.92 Å². The quantitative estimate of drug-likeness (QED) is 0.724. The molecule has 1 aromatic rings. The third-order valence-electron chi connectivity index (χ3n) is 3.11. The molecule has 2 nitrogen and oxygen atoms in total. The van der Waals surface area contributed by atoms with Gasteiger partial charge in [-0.3, -0.25) is 0 Å². The van der Waals surface area contributed by atoms with Crippen LogP contribution in [0.25, 0.3) is 0 Å². The zero-order valence-electron chi connectivity index (χ0n) is 8.23. The second-order valence-electron chi connectivity index (χ2n) is 4.12. The summed E-state index contributed by atoms with van der Waals surface area (Å²) < 4.78 is 0. The van der Waals surface area contributed by atoms with Gasteiger partial charge in [0.1, 0.15) is 12.0 Å². The van der Waals surface area contributed by atoms with Crippen LogP contribution in [0.2, 0.25) is 0 Å². The Morgan fingerprint density at radius 1 is 1.43 bits per heavy atom. The summed E-state index contributed by atoms with van der Waals surface area (Å²) in [6, 6.07) is 5.49. The summed E-state index contributed by atoms with van der Waals surface area (Å²) in [5.74, 6) is 0.858. The second-order valence-corrected chi connectivity index (χ2v) is 4.12. The van der Waals surface area contributed by atoms with E-state index < -0.39 is 0 Å². The Hall–Kier alpha value is -1.31. The van der Waals surface area contributed by atoms with Crippen molar-refractivity contribution in [3.8, 4) is 5.75 Å². The molecule has 0 spiro atoms. The molecule has 0 aliphatic heterocycles. The number of benzene rings is 1. The molecule has 2 rings (SSSR count). The summed E-state index contributed by atoms with van der Waals surface area (Å²) in [5.41, 5.74) is 2.48. The van der Waals surface area contributed by atoms with E-state index in [1.165, 1.54) is 11.1 Å². The molecule has 14 heavy (non-hydrogen) atoms. The van der Waals surface area contributed by atoms with Gasteiger partial charge in [-0.2, -0.15) is 0 Å². The zero-order valence-corrected chi connectivity index (χ0v) is 8.23. The predicted octanol–water partition coefficient (Wildman–Crippen LogP) is 1.94. The number of carbonyl (C=O) groups is 1. The monoisotopic (exact) mass is 190 g/mol. The molecule has 0 bridgehead atoms. The largest absolute Gasteiger partial charge is 0.508 e. The Morgan fingerprint density at radius 3 is 2.86 bits per heavy atom. The molecule has 0 saturated heterocycles. The minimum atomic E-state index is 0.115. The van der Waals surface area contributed by atoms with Crippen LogP contribution in [0, 0.1) is 11.8 Å². The number of aldehydes is 1. The van der Waals surface area contributed by atoms with E-state index in [0.717, 1.165) is 19.1 Å². The topological polar surface area (TPSA) is 37.3 Å². The van der Waals surface area contributed by atoms with E-state index in [-0.39, 0.29) is 5.92 Å². The van der Waals surface area contributed by atoms with Crippen molar-refractivity contribution in [2.75, 3.05) is 0 Å². The lowest BCUT2D eigenvalue weighted by atomic mass is 9.93. The van der Waals surface area contributed by atoms with Crippen LogP contribution in [0.3, 0.4) is 0 Å². The van der Waals surface area contributed by atoms with Crippen molar-refractivity contribution in [3.63, 3.8) is 0 Å². The highest BCUT2D eigenvalue weighted by Gasteiger charge is 2.25. The first-order valence-corrected chi connectivity index (χ1v) is 4.96. The predicted molar refractivity (Wildman–Crippen MR) is 54.2 cm³/mol. The SMILES string of the molecule is CC(C=O)C1Cc2ccc(O)cc2C1. The molecule has 1 N–H and O–H groups in total. The number of phenols is 1. The van der Waals surface area contributed by atoms with Crippen molar-refractivity contribution in [1.82, 2.24) is 0 Å². The molecule has 0 saturated carbocycles. The van der Waals surface area contributed by atoms with Crippen LogP contribution < -0.4 is 0 Å². The van der Waals surface area contributed by atoms with E-state index in [9.17, 15) is 9.90 Å². The molecule has 2 unspecified atom stereocenters. The van der Waals surface area contributed by atoms with Crippen molar-refractivity contribution in [2.24, 2.45) is 11.8 Å². The van der Waals surface area contributed by atoms with Crippen LogP contribution in [-0.4, -0.2) is 11.4 Å². The molecule has 1 aliphatic carbocycles. The summed E-state index contributed by atoms with van der Waals surface area (Å²) in [4.78, 5) is 10.7. The van der Waals surface area contributed by atoms with E-state index in [1.54, 1.807) is 6.07 Å². The highest BCUT2D eigenvalue weighted by molar-refractivity contribution is 5.54. The molecule has 0 amide bonds. The molecule has 0 aromatic heterocycles. The molecule has 0 fully saturated rings. The third kappa shape index (κ3) is 1.52. The van der Waals surface area contributed by atoms with E-state index >= 15 is 0 Å². The Morgan fingerprint density at radius 2 is 2.14 bits per heavy atom. The highest BCUT2D eigenvalue weighted by atomic mass is 16.3. The summed E-state index contributed by atoms with van der Waals surface area (Å²) in [6.07, 6.45) is 2.91. The fraction of sp³-hybridized carbons (Fsp3) is 0.417. The lowest BCUT2D eigenvalue weighted by Crippen LogP contribution is -2.12. The minimum Gasteiger partial charge on any atom is -0.508 e. The Labute approximate surface area is 83.6 Å². The number of carbonyl (C=O) groups excluding carboxylic acids is 1. The van der Waals surface area contributed by atoms with Crippen molar-refractivity contribution in [1.29, 1.82) is 0 Å². The van der Waals surface area contributed by atoms with E-state index in [2.05, 4.69) is 0 Å². The van der Waals surface area contributed by atoms with Gasteiger partial charge in [0.05, 0.1) is 0 Å². The molecule has 1 aromatic carbocycles. The molecular formula is C12H14O2. The van der Waals surface area contributed by atoms with E-state index in [4.69, 9.17) is 0 Å². The van der Waals surface area contributed by atoms with Crippen LogP contribution in [0.1, 0.15) is 18.1 Å². The van der Waals surface area contributed by atoms with Gasteiger partial charge in [-0.05, 0) is 42.0 Å². The average molecular weight is 190 g/mol. The van der Waals surface area contributed by atoms with Gasteiger partial charge < -0.3 is 9.90 Å². The van der Waals surface area contributed by atoms with Gasteiger partial charge in [0.15, 0.2) is 0 Å². The minimum absolute atomic E-state index is 0.115. The van der Waals surface area contributed by atoms with Crippen LogP contribution in [-0.2, 0) is 17.6 Å². The standard InChI is InChI=1S/C12H14O2/c1-8(7-13)10-4-9-2-3-12(14)6-11(9)5-10/h2-3,6-8,10,14H,4-5H2,1H3. The van der Waals surface area contributed by atoms with Crippen molar-refractivity contribution in [2.45, 2.75) is 19.8 Å². The molecule has 1 aliphatic rings. The third-order valence-corrected chi connectivity index (χ3v) is 3.11. The number of fused-ring (bicyclic) bond motifs is 1. The van der Waals surface area contributed by atoms with Crippen molar-refractivity contribution in [3.05, 3.63) is 29.3 Å². The second kappa shape index (κ2) is 3.45. The lowest BCUT2D eigenvalue weighted by molar-refractivity contribution is -0.111. The van der Waals surface area contributed by atoms with Gasteiger partial charge >= 0.3 is 0 Å². The van der Waals surface area contributed by atoms with Gasteiger partial charge in [-0.25, -0.2) is 0 Å². The number of rotatable bonds is 2. The van der Waals surface area contributed by atoms with Crippen molar-refractivity contribution >= 4 is 6.29 Å². The van der Waals surface area contributed by atoms with Gasteiger partial charge in [-0.1, -0.05) is 13.0 Å². The number of hydrogen-bond donors (Lipinski definition) is 1. The molecule has 0 heterocycles. The molecule has 2 atom stereocenters. The maximum absolute atomic E-state index is 10.7. The Balaban J connectivity index is 2.21. The first kappa shape index (κ1) is 9.25. The number of phenolic OH excluding ortho intramolecular Hbond substituents is 1. The normalized spacial score (nSPS) is 21.6. The fourth-order valence-electron chi connectivity index (χ4n) is 2.12. The molecule has 2 heteroatoms. The fourth-order valence-corrected chi connectivity index (χ4v) is 2.12. The van der Waals surface area contributed by atoms with E-state index in [1.807, 2.05) is 19.1 Å². The van der Waals surface area contributed by atoms with Gasteiger partial charge in [0.25, 0.3) is 0 Å². The van der Waals surface area contributed by atoms with Crippen LogP contribution in [0.4, 0.5) is 0 Å². The zero-order chi connectivity index (χ0) is 10.1. The van der Waals surface area contributed by atoms with Crippen LogP contribution >= 0.6 is 0 Å². The molecule has 0 radical (unpaired) electrons. The Kier molecular flexibility index (Phi) is 2.28. The summed E-state index contributed by atoms with van der Waals surface area (Å²) in [7, 11) is 0. The number of aromatic hydroxyl groups is 1.